The highest BCUT2D eigenvalue weighted by atomic mass is 32.1. The summed E-state index contributed by atoms with van der Waals surface area (Å²) in [5.41, 5.74) is 4.83. The molecular formula is C49H50N14O8S. The number of rotatable bonds is 11. The Morgan fingerprint density at radius 1 is 0.667 bits per heavy atom. The number of pyridine rings is 4. The van der Waals surface area contributed by atoms with E-state index in [0.29, 0.717) is 90.9 Å². The van der Waals surface area contributed by atoms with Gasteiger partial charge in [0.2, 0.25) is 17.4 Å². The Hall–Kier alpha value is -7.60. The summed E-state index contributed by atoms with van der Waals surface area (Å²) in [6, 6.07) is 11.1. The van der Waals surface area contributed by atoms with Crippen LogP contribution in [-0.2, 0) is 9.47 Å². The van der Waals surface area contributed by atoms with E-state index in [4.69, 9.17) is 47.6 Å². The Bertz CT molecular complexity index is 3320. The molecule has 1 unspecified atom stereocenters. The number of oxazole rings is 3. The molecule has 4 aliphatic rings. The second-order valence-corrected chi connectivity index (χ2v) is 19.2. The number of aromatic nitrogens is 8. The lowest BCUT2D eigenvalue weighted by molar-refractivity contribution is 0.101. The van der Waals surface area contributed by atoms with Gasteiger partial charge in [-0.25, -0.2) is 19.9 Å². The maximum Gasteiger partial charge on any atom is 0.300 e. The van der Waals surface area contributed by atoms with Gasteiger partial charge < -0.3 is 58.1 Å². The largest absolute Gasteiger partial charge is 0.444 e. The Kier molecular flexibility index (Phi) is 12.1. The summed E-state index contributed by atoms with van der Waals surface area (Å²) in [5.74, 6) is -0.343. The van der Waals surface area contributed by atoms with Crippen LogP contribution in [0, 0.1) is 13.8 Å². The lowest BCUT2D eigenvalue weighted by Gasteiger charge is -2.29. The summed E-state index contributed by atoms with van der Waals surface area (Å²) >= 11 is 1.52. The highest BCUT2D eigenvalue weighted by Crippen LogP contribution is 2.41. The van der Waals surface area contributed by atoms with Gasteiger partial charge in [-0.2, -0.15) is 9.97 Å². The molecule has 4 aliphatic heterocycles. The number of aryl methyl sites for hydroxylation is 2. The molecule has 370 valence electrons. The summed E-state index contributed by atoms with van der Waals surface area (Å²) in [7, 11) is 0. The topological polar surface area (TPSA) is 252 Å². The van der Waals surface area contributed by atoms with E-state index in [1.54, 1.807) is 30.6 Å². The third-order valence-electron chi connectivity index (χ3n) is 13.2. The van der Waals surface area contributed by atoms with Gasteiger partial charge in [0.25, 0.3) is 17.8 Å². The van der Waals surface area contributed by atoms with Crippen molar-refractivity contribution in [2.75, 3.05) is 109 Å². The SMILES string of the molecule is Cc1cc(-c2nc(C(=O)Nc3cc4oc(N5CCOCC5)nc4nc3N3CC(c4oc(-c5ccnc(C)c5)nc4C(=O)Nc4cc5sc(N6CCOCC6)nc5nc4N4CCCCC4)[C@H](O)C3)co2)ccn1. The van der Waals surface area contributed by atoms with E-state index in [1.165, 1.54) is 17.6 Å². The molecule has 12 heterocycles. The smallest absolute Gasteiger partial charge is 0.300 e. The minimum atomic E-state index is -1.08. The summed E-state index contributed by atoms with van der Waals surface area (Å²) in [6.07, 6.45) is 6.59. The van der Waals surface area contributed by atoms with Gasteiger partial charge in [0, 0.05) is 93.3 Å². The maximum absolute atomic E-state index is 15.0. The molecule has 0 aliphatic carbocycles. The number of morpholine rings is 2. The van der Waals surface area contributed by atoms with Gasteiger partial charge in [-0.1, -0.05) is 11.3 Å². The van der Waals surface area contributed by atoms with Crippen molar-refractivity contribution in [3.63, 3.8) is 0 Å². The van der Waals surface area contributed by atoms with Crippen molar-refractivity contribution in [1.82, 2.24) is 39.9 Å². The van der Waals surface area contributed by atoms with Crippen LogP contribution in [0.4, 0.5) is 34.2 Å². The molecule has 8 aromatic rings. The molecule has 2 amide bonds. The number of thiazole rings is 1. The third kappa shape index (κ3) is 9.03. The molecule has 0 saturated carbocycles. The van der Waals surface area contributed by atoms with E-state index in [9.17, 15) is 14.7 Å². The van der Waals surface area contributed by atoms with E-state index in [2.05, 4.69) is 35.4 Å². The molecule has 22 nitrogen and oxygen atoms in total. The quantitative estimate of drug-likeness (QED) is 0.133. The highest BCUT2D eigenvalue weighted by Gasteiger charge is 2.41. The van der Waals surface area contributed by atoms with Crippen LogP contribution in [0.1, 0.15) is 63.3 Å². The maximum atomic E-state index is 15.0. The Balaban J connectivity index is 0.892. The number of hydrogen-bond donors (Lipinski definition) is 3. The number of amides is 2. The lowest BCUT2D eigenvalue weighted by Crippen LogP contribution is -2.36. The van der Waals surface area contributed by atoms with Gasteiger partial charge in [-0.05, 0) is 63.4 Å². The molecule has 8 aromatic heterocycles. The first kappa shape index (κ1) is 45.5. The number of ether oxygens (including phenoxy) is 2. The van der Waals surface area contributed by atoms with Crippen molar-refractivity contribution < 1.29 is 37.4 Å². The zero-order valence-corrected chi connectivity index (χ0v) is 40.4. The first-order chi connectivity index (χ1) is 35.2. The van der Waals surface area contributed by atoms with Crippen LogP contribution < -0.4 is 30.2 Å². The van der Waals surface area contributed by atoms with Crippen molar-refractivity contribution >= 4 is 78.9 Å². The number of aliphatic hydroxyl groups is 1. The minimum absolute atomic E-state index is 0.00295. The number of nitrogens with zero attached hydrogens (tertiary/aromatic N) is 12. The van der Waals surface area contributed by atoms with Gasteiger partial charge in [0.15, 0.2) is 39.4 Å². The molecule has 23 heteroatoms. The Labute approximate surface area is 415 Å². The van der Waals surface area contributed by atoms with Gasteiger partial charge in [0.05, 0.1) is 54.5 Å². The fraction of sp³-hybridized carbons (Fsp3) is 0.388. The van der Waals surface area contributed by atoms with Crippen LogP contribution in [0.15, 0.2) is 68.3 Å². The van der Waals surface area contributed by atoms with Crippen molar-refractivity contribution in [2.45, 2.75) is 45.1 Å². The molecule has 3 N–H and O–H groups in total. The van der Waals surface area contributed by atoms with Crippen LogP contribution in [0.25, 0.3) is 44.5 Å². The van der Waals surface area contributed by atoms with Crippen LogP contribution in [0.3, 0.4) is 0 Å². The summed E-state index contributed by atoms with van der Waals surface area (Å²) in [6.45, 7) is 10.3. The lowest BCUT2D eigenvalue weighted by atomic mass is 10.0. The van der Waals surface area contributed by atoms with Crippen LogP contribution >= 0.6 is 11.3 Å². The van der Waals surface area contributed by atoms with E-state index in [-0.39, 0.29) is 47.7 Å². The molecule has 2 atom stereocenters. The second-order valence-electron chi connectivity index (χ2n) is 18.2. The van der Waals surface area contributed by atoms with Crippen molar-refractivity contribution in [3.8, 4) is 22.9 Å². The van der Waals surface area contributed by atoms with Crippen LogP contribution in [0.2, 0.25) is 0 Å². The normalized spacial score (nSPS) is 18.7. The van der Waals surface area contributed by atoms with E-state index < -0.39 is 23.8 Å². The number of carbonyl (C=O) groups excluding carboxylic acids is 2. The Morgan fingerprint density at radius 2 is 1.33 bits per heavy atom. The number of nitrogens with one attached hydrogen (secondary N) is 2. The van der Waals surface area contributed by atoms with Crippen molar-refractivity contribution in [2.24, 2.45) is 0 Å². The van der Waals surface area contributed by atoms with Crippen LogP contribution in [-0.4, -0.2) is 142 Å². The number of anilines is 6. The summed E-state index contributed by atoms with van der Waals surface area (Å²) in [5, 5.41) is 19.1. The highest BCUT2D eigenvalue weighted by molar-refractivity contribution is 7.22. The first-order valence-electron chi connectivity index (χ1n) is 24.1. The molecule has 0 aromatic carbocycles. The van der Waals surface area contributed by atoms with E-state index in [0.717, 1.165) is 66.7 Å². The van der Waals surface area contributed by atoms with Crippen LogP contribution in [0.5, 0.6) is 0 Å². The fourth-order valence-electron chi connectivity index (χ4n) is 9.56. The molecule has 72 heavy (non-hydrogen) atoms. The number of aliphatic hydroxyl groups excluding tert-OH is 1. The second kappa shape index (κ2) is 19.2. The van der Waals surface area contributed by atoms with E-state index in [1.807, 2.05) is 41.8 Å². The number of fused-ring (bicyclic) bond motifs is 2. The Morgan fingerprint density at radius 3 is 2.07 bits per heavy atom. The van der Waals surface area contributed by atoms with Gasteiger partial charge >= 0.3 is 0 Å². The number of hydrogen-bond acceptors (Lipinski definition) is 21. The molecule has 0 radical (unpaired) electrons. The number of carbonyl (C=O) groups is 2. The number of β-amino-alcohol motifs (C(OH)–C–C–N with tert-alkyl or cyclic N) is 1. The molecular weight excluding hydrogens is 945 g/mol. The average molecular weight is 995 g/mol. The summed E-state index contributed by atoms with van der Waals surface area (Å²) in [4.78, 5) is 74.8. The van der Waals surface area contributed by atoms with Crippen molar-refractivity contribution in [1.29, 1.82) is 0 Å². The molecule has 12 rings (SSSR count). The molecule has 0 spiro atoms. The average Bonchev–Trinajstić information content (AvgIpc) is 4.27. The predicted molar refractivity (Wildman–Crippen MR) is 267 cm³/mol. The fourth-order valence-corrected chi connectivity index (χ4v) is 10.6. The van der Waals surface area contributed by atoms with E-state index >= 15 is 0 Å². The standard InChI is InChI=1S/C49H50N14O8S/c1-27-20-29(6-8-50-27)46-54-34(26-69-46)44(65)52-32-22-36-40(58-48(70-36)61-12-16-67-17-13-61)56-43(32)63-24-31(35(64)25-63)39-38(55-47(71-39)30-7-9-51-28(2)21-30)45(66)53-33-23-37-41(57-42(33)60-10-4-3-5-11-60)59-49(72-37)62-14-18-68-19-15-62/h6-9,20-23,26,31,35,64H,3-5,10-19,24-25H2,1-2H3,(H,52,65)(H,53,66)/t31?,35-/m1/s1. The van der Waals surface area contributed by atoms with Gasteiger partial charge in [0.1, 0.15) is 12.0 Å². The zero-order valence-electron chi connectivity index (χ0n) is 39.5. The minimum Gasteiger partial charge on any atom is -0.444 e. The van der Waals surface area contributed by atoms with Gasteiger partial charge in [-0.15, -0.1) is 0 Å². The first-order valence-corrected chi connectivity index (χ1v) is 24.9. The molecule has 0 bridgehead atoms. The number of piperidine rings is 1. The summed E-state index contributed by atoms with van der Waals surface area (Å²) < 4.78 is 30.5. The predicted octanol–water partition coefficient (Wildman–Crippen LogP) is 6.08. The zero-order chi connectivity index (χ0) is 48.9. The molecule has 4 saturated heterocycles. The third-order valence-corrected chi connectivity index (χ3v) is 14.3. The van der Waals surface area contributed by atoms with Crippen molar-refractivity contribution in [3.05, 3.63) is 83.6 Å². The molecule has 4 fully saturated rings. The van der Waals surface area contributed by atoms with Gasteiger partial charge in [-0.3, -0.25) is 19.6 Å². The monoisotopic (exact) mass is 994 g/mol.